The van der Waals surface area contributed by atoms with E-state index in [0.29, 0.717) is 11.4 Å². The van der Waals surface area contributed by atoms with Crippen molar-refractivity contribution in [3.05, 3.63) is 76.5 Å². The average molecular weight is 361 g/mol. The number of pyridine rings is 1. The predicted octanol–water partition coefficient (Wildman–Crippen LogP) is 5.56. The molecule has 1 aromatic heterocycles. The first-order valence-electron chi connectivity index (χ1n) is 8.89. The van der Waals surface area contributed by atoms with Crippen LogP contribution in [0.1, 0.15) is 36.4 Å². The van der Waals surface area contributed by atoms with Gasteiger partial charge < -0.3 is 5.32 Å². The average Bonchev–Trinajstić information content (AvgIpc) is 2.68. The molecule has 4 heteroatoms. The number of hydrogen-bond donors (Lipinski definition) is 1. The van der Waals surface area contributed by atoms with E-state index in [-0.39, 0.29) is 11.8 Å². The lowest BCUT2D eigenvalue weighted by Crippen LogP contribution is -2.27. The second kappa shape index (κ2) is 5.96. The third kappa shape index (κ3) is 2.35. The van der Waals surface area contributed by atoms with E-state index in [2.05, 4.69) is 22.4 Å². The van der Waals surface area contributed by atoms with Gasteiger partial charge >= 0.3 is 0 Å². The zero-order chi connectivity index (χ0) is 17.7. The molecule has 0 spiro atoms. The summed E-state index contributed by atoms with van der Waals surface area (Å²) in [6.07, 6.45) is 4.25. The molecule has 26 heavy (non-hydrogen) atoms. The van der Waals surface area contributed by atoms with Crippen LogP contribution < -0.4 is 5.32 Å². The normalized spacial score (nSPS) is 19.1. The minimum absolute atomic E-state index is 0.128. The lowest BCUT2D eigenvalue weighted by Gasteiger charge is -2.35. The summed E-state index contributed by atoms with van der Waals surface area (Å²) in [7, 11) is 0. The van der Waals surface area contributed by atoms with Crippen LogP contribution in [-0.4, -0.2) is 10.8 Å². The molecule has 3 aromatic rings. The Labute approximate surface area is 156 Å². The number of benzene rings is 2. The van der Waals surface area contributed by atoms with Crippen LogP contribution in [0.2, 0.25) is 5.02 Å². The number of hydrogen-bond acceptors (Lipinski definition) is 3. The molecule has 5 rings (SSSR count). The van der Waals surface area contributed by atoms with E-state index >= 15 is 0 Å². The summed E-state index contributed by atoms with van der Waals surface area (Å²) in [5.41, 5.74) is 6.32. The van der Waals surface area contributed by atoms with Crippen LogP contribution in [0.5, 0.6) is 0 Å². The fourth-order valence-corrected chi connectivity index (χ4v) is 4.31. The Balaban J connectivity index is 1.78. The van der Waals surface area contributed by atoms with Gasteiger partial charge in [0.1, 0.15) is 0 Å². The predicted molar refractivity (Wildman–Crippen MR) is 105 cm³/mol. The van der Waals surface area contributed by atoms with Crippen LogP contribution in [0.15, 0.2) is 60.3 Å². The van der Waals surface area contributed by atoms with Crippen LogP contribution in [0.4, 0.5) is 5.69 Å². The van der Waals surface area contributed by atoms with Gasteiger partial charge in [0, 0.05) is 39.9 Å². The van der Waals surface area contributed by atoms with Gasteiger partial charge in [-0.05, 0) is 54.3 Å². The van der Waals surface area contributed by atoms with E-state index in [9.17, 15) is 4.79 Å². The number of halogens is 1. The molecule has 1 aliphatic carbocycles. The second-order valence-corrected chi connectivity index (χ2v) is 7.29. The molecule has 128 valence electrons. The highest BCUT2D eigenvalue weighted by Gasteiger charge is 2.34. The molecule has 1 unspecified atom stereocenters. The molecule has 0 amide bonds. The summed E-state index contributed by atoms with van der Waals surface area (Å²) in [6.45, 7) is 0. The highest BCUT2D eigenvalue weighted by Crippen LogP contribution is 2.47. The van der Waals surface area contributed by atoms with Crippen molar-refractivity contribution in [2.24, 2.45) is 0 Å². The third-order valence-corrected chi connectivity index (χ3v) is 5.59. The van der Waals surface area contributed by atoms with Crippen LogP contribution in [0, 0.1) is 0 Å². The molecule has 3 nitrogen and oxygen atoms in total. The Kier molecular flexibility index (Phi) is 3.57. The Hall–Kier alpha value is -2.65. The van der Waals surface area contributed by atoms with Crippen LogP contribution in [-0.2, 0) is 4.79 Å². The van der Waals surface area contributed by atoms with Crippen molar-refractivity contribution >= 4 is 39.5 Å². The molecule has 1 atom stereocenters. The topological polar surface area (TPSA) is 42.0 Å². The Morgan fingerprint density at radius 2 is 1.88 bits per heavy atom. The number of carbonyl (C=O) groups excluding carboxylic acids is 1. The highest BCUT2D eigenvalue weighted by molar-refractivity contribution is 6.30. The maximum atomic E-state index is 12.9. The highest BCUT2D eigenvalue weighted by atomic mass is 35.5. The molecular weight excluding hydrogens is 344 g/mol. The summed E-state index contributed by atoms with van der Waals surface area (Å²) in [4.78, 5) is 17.4. The molecule has 0 saturated heterocycles. The lowest BCUT2D eigenvalue weighted by atomic mass is 9.77. The van der Waals surface area contributed by atoms with Crippen molar-refractivity contribution < 1.29 is 4.79 Å². The Morgan fingerprint density at radius 1 is 1.04 bits per heavy atom. The van der Waals surface area contributed by atoms with E-state index in [0.717, 1.165) is 46.1 Å². The molecule has 0 fully saturated rings. The minimum Gasteiger partial charge on any atom is -0.373 e. The van der Waals surface area contributed by atoms with Gasteiger partial charge in [0.15, 0.2) is 5.78 Å². The van der Waals surface area contributed by atoms with Crippen molar-refractivity contribution in [2.75, 3.05) is 5.32 Å². The standard InChI is InChI=1S/C22H17ClN2O/c23-14-8-6-13(7-9-14)22-21-16(3-1-5-19(21)26)20-15-4-2-12-24-17(15)10-11-18(20)25-22/h2,4,6-12,22,25H,1,3,5H2. The number of rotatable bonds is 1. The quantitative estimate of drug-likeness (QED) is 0.617. The summed E-state index contributed by atoms with van der Waals surface area (Å²) >= 11 is 6.06. The number of nitrogens with zero attached hydrogens (tertiary/aromatic N) is 1. The molecule has 0 bridgehead atoms. The van der Waals surface area contributed by atoms with Crippen LogP contribution in [0.3, 0.4) is 0 Å². The van der Waals surface area contributed by atoms with Crippen molar-refractivity contribution in [1.29, 1.82) is 0 Å². The van der Waals surface area contributed by atoms with Gasteiger partial charge in [-0.1, -0.05) is 29.8 Å². The first kappa shape index (κ1) is 15.6. The number of fused-ring (bicyclic) bond motifs is 4. The van der Waals surface area contributed by atoms with Crippen molar-refractivity contribution in [3.8, 4) is 0 Å². The Morgan fingerprint density at radius 3 is 2.73 bits per heavy atom. The number of carbonyl (C=O) groups is 1. The number of anilines is 1. The monoisotopic (exact) mass is 360 g/mol. The summed E-state index contributed by atoms with van der Waals surface area (Å²) in [5, 5.41) is 5.41. The molecule has 2 heterocycles. The number of aromatic nitrogens is 1. The number of Topliss-reactive ketones (excluding diaryl/α,β-unsaturated/α-hetero) is 1. The Bertz CT molecular complexity index is 1070. The van der Waals surface area contributed by atoms with Gasteiger partial charge in [0.25, 0.3) is 0 Å². The summed E-state index contributed by atoms with van der Waals surface area (Å²) in [5.74, 6) is 0.241. The maximum absolute atomic E-state index is 12.9. The van der Waals surface area contributed by atoms with Crippen LogP contribution >= 0.6 is 11.6 Å². The fourth-order valence-electron chi connectivity index (χ4n) is 4.19. The van der Waals surface area contributed by atoms with Gasteiger partial charge in [-0.25, -0.2) is 0 Å². The van der Waals surface area contributed by atoms with Gasteiger partial charge in [-0.2, -0.15) is 0 Å². The van der Waals surface area contributed by atoms with E-state index < -0.39 is 0 Å². The molecule has 1 aliphatic heterocycles. The van der Waals surface area contributed by atoms with E-state index in [4.69, 9.17) is 11.6 Å². The van der Waals surface area contributed by atoms with E-state index in [1.807, 2.05) is 42.6 Å². The SMILES string of the molecule is O=C1CCCC2=C1C(c1ccc(Cl)cc1)Nc1ccc3ncccc3c12. The van der Waals surface area contributed by atoms with Crippen molar-refractivity contribution in [3.63, 3.8) is 0 Å². The van der Waals surface area contributed by atoms with Gasteiger partial charge in [0.05, 0.1) is 11.6 Å². The largest absolute Gasteiger partial charge is 0.373 e. The first-order chi connectivity index (χ1) is 12.7. The molecule has 0 radical (unpaired) electrons. The molecule has 2 aliphatic rings. The molecule has 1 N–H and O–H groups in total. The molecular formula is C22H17ClN2O. The van der Waals surface area contributed by atoms with Crippen molar-refractivity contribution in [1.82, 2.24) is 4.98 Å². The van der Waals surface area contributed by atoms with E-state index in [1.165, 1.54) is 5.57 Å². The zero-order valence-corrected chi connectivity index (χ0v) is 14.9. The number of nitrogens with one attached hydrogen (secondary N) is 1. The third-order valence-electron chi connectivity index (χ3n) is 5.33. The number of allylic oxidation sites excluding steroid dienone is 1. The van der Waals surface area contributed by atoms with Crippen molar-refractivity contribution in [2.45, 2.75) is 25.3 Å². The van der Waals surface area contributed by atoms with E-state index in [1.54, 1.807) is 0 Å². The number of ketones is 1. The molecule has 2 aromatic carbocycles. The minimum atomic E-state index is -0.128. The lowest BCUT2D eigenvalue weighted by molar-refractivity contribution is -0.116. The fraction of sp³-hybridized carbons (Fsp3) is 0.182. The second-order valence-electron chi connectivity index (χ2n) is 6.86. The van der Waals surface area contributed by atoms with Gasteiger partial charge in [-0.15, -0.1) is 0 Å². The summed E-state index contributed by atoms with van der Waals surface area (Å²) in [6, 6.07) is 15.8. The summed E-state index contributed by atoms with van der Waals surface area (Å²) < 4.78 is 0. The smallest absolute Gasteiger partial charge is 0.161 e. The van der Waals surface area contributed by atoms with Gasteiger partial charge in [0.2, 0.25) is 0 Å². The maximum Gasteiger partial charge on any atom is 0.161 e. The van der Waals surface area contributed by atoms with Gasteiger partial charge in [-0.3, -0.25) is 9.78 Å². The first-order valence-corrected chi connectivity index (χ1v) is 9.26. The molecule has 0 saturated carbocycles. The van der Waals surface area contributed by atoms with Crippen LogP contribution in [0.25, 0.3) is 16.5 Å². The zero-order valence-electron chi connectivity index (χ0n) is 14.1.